The highest BCUT2D eigenvalue weighted by Crippen LogP contribution is 2.20. The first-order valence-corrected chi connectivity index (χ1v) is 6.23. The average molecular weight is 264 g/mol. The summed E-state index contributed by atoms with van der Waals surface area (Å²) in [4.78, 5) is 19.0. The number of hydrogen-bond acceptors (Lipinski definition) is 5. The fourth-order valence-corrected chi connectivity index (χ4v) is 1.98. The first-order valence-electron chi connectivity index (χ1n) is 5.25. The lowest BCUT2D eigenvalue weighted by atomic mass is 10.2. The Morgan fingerprint density at radius 1 is 1.50 bits per heavy atom. The van der Waals surface area contributed by atoms with Gasteiger partial charge in [-0.1, -0.05) is 11.8 Å². The summed E-state index contributed by atoms with van der Waals surface area (Å²) in [6.07, 6.45) is 1.70. The van der Waals surface area contributed by atoms with Crippen LogP contribution in [-0.2, 0) is 11.8 Å². The SMILES string of the molecule is Cc1ccc(-c2nc(SCC(=O)O)n(C)n2)cn1. The Morgan fingerprint density at radius 3 is 2.89 bits per heavy atom. The van der Waals surface area contributed by atoms with Crippen LogP contribution in [0, 0.1) is 6.92 Å². The van der Waals surface area contributed by atoms with Crippen molar-refractivity contribution in [1.82, 2.24) is 19.7 Å². The maximum Gasteiger partial charge on any atom is 0.313 e. The molecule has 94 valence electrons. The molecule has 18 heavy (non-hydrogen) atoms. The fourth-order valence-electron chi connectivity index (χ4n) is 1.34. The zero-order chi connectivity index (χ0) is 13.1. The van der Waals surface area contributed by atoms with Crippen molar-refractivity contribution in [3.63, 3.8) is 0 Å². The van der Waals surface area contributed by atoms with Crippen molar-refractivity contribution in [2.24, 2.45) is 7.05 Å². The summed E-state index contributed by atoms with van der Waals surface area (Å²) in [6.45, 7) is 1.91. The molecule has 0 spiro atoms. The maximum atomic E-state index is 10.5. The molecule has 2 heterocycles. The predicted octanol–water partition coefficient (Wildman–Crippen LogP) is 1.36. The lowest BCUT2D eigenvalue weighted by Gasteiger charge is -1.94. The van der Waals surface area contributed by atoms with Crippen molar-refractivity contribution in [1.29, 1.82) is 0 Å². The first kappa shape index (κ1) is 12.6. The second kappa shape index (κ2) is 5.18. The molecular weight excluding hydrogens is 252 g/mol. The number of carboxylic acid groups (broad SMARTS) is 1. The molecule has 0 bridgehead atoms. The van der Waals surface area contributed by atoms with E-state index < -0.39 is 5.97 Å². The number of aromatic nitrogens is 4. The highest BCUT2D eigenvalue weighted by Gasteiger charge is 2.11. The Hall–Kier alpha value is -1.89. The quantitative estimate of drug-likeness (QED) is 0.840. The van der Waals surface area contributed by atoms with Gasteiger partial charge in [-0.05, 0) is 19.1 Å². The summed E-state index contributed by atoms with van der Waals surface area (Å²) in [5.41, 5.74) is 1.74. The number of thioether (sulfide) groups is 1. The molecule has 0 fully saturated rings. The van der Waals surface area contributed by atoms with Crippen LogP contribution in [0.3, 0.4) is 0 Å². The number of carbonyl (C=O) groups is 1. The fraction of sp³-hybridized carbons (Fsp3) is 0.273. The van der Waals surface area contributed by atoms with Crippen LogP contribution in [0.1, 0.15) is 5.69 Å². The number of pyridine rings is 1. The van der Waals surface area contributed by atoms with E-state index in [0.29, 0.717) is 11.0 Å². The van der Waals surface area contributed by atoms with Gasteiger partial charge in [0.2, 0.25) is 0 Å². The Bertz CT molecular complexity index is 565. The molecule has 7 heteroatoms. The van der Waals surface area contributed by atoms with Gasteiger partial charge in [-0.15, -0.1) is 0 Å². The molecule has 0 aliphatic rings. The minimum atomic E-state index is -0.874. The first-order chi connectivity index (χ1) is 8.56. The van der Waals surface area contributed by atoms with Crippen LogP contribution in [0.15, 0.2) is 23.5 Å². The van der Waals surface area contributed by atoms with Crippen LogP contribution in [0.25, 0.3) is 11.4 Å². The molecule has 2 aromatic heterocycles. The molecule has 0 aromatic carbocycles. The molecule has 6 nitrogen and oxygen atoms in total. The van der Waals surface area contributed by atoms with Crippen molar-refractivity contribution < 1.29 is 9.90 Å². The summed E-state index contributed by atoms with van der Waals surface area (Å²) >= 11 is 1.14. The molecule has 0 saturated carbocycles. The molecule has 1 N–H and O–H groups in total. The number of hydrogen-bond donors (Lipinski definition) is 1. The molecule has 2 rings (SSSR count). The van der Waals surface area contributed by atoms with E-state index in [4.69, 9.17) is 5.11 Å². The highest BCUT2D eigenvalue weighted by molar-refractivity contribution is 7.99. The monoisotopic (exact) mass is 264 g/mol. The number of rotatable bonds is 4. The van der Waals surface area contributed by atoms with Crippen LogP contribution in [0.4, 0.5) is 0 Å². The second-order valence-corrected chi connectivity index (χ2v) is 4.65. The van der Waals surface area contributed by atoms with Gasteiger partial charge in [-0.25, -0.2) is 9.67 Å². The van der Waals surface area contributed by atoms with Gasteiger partial charge < -0.3 is 5.11 Å². The van der Waals surface area contributed by atoms with Gasteiger partial charge in [0.05, 0.1) is 5.75 Å². The lowest BCUT2D eigenvalue weighted by Crippen LogP contribution is -2.00. The average Bonchev–Trinajstić information content (AvgIpc) is 2.69. The third-order valence-corrected chi connectivity index (χ3v) is 3.22. The second-order valence-electron chi connectivity index (χ2n) is 3.71. The van der Waals surface area contributed by atoms with Gasteiger partial charge in [-0.3, -0.25) is 9.78 Å². The molecule has 0 amide bonds. The summed E-state index contributed by atoms with van der Waals surface area (Å²) in [5, 5.41) is 13.4. The van der Waals surface area contributed by atoms with Crippen molar-refractivity contribution in [3.8, 4) is 11.4 Å². The van der Waals surface area contributed by atoms with Crippen LogP contribution >= 0.6 is 11.8 Å². The van der Waals surface area contributed by atoms with E-state index in [9.17, 15) is 4.79 Å². The molecule has 0 aliphatic heterocycles. The summed E-state index contributed by atoms with van der Waals surface area (Å²) in [5.74, 6) is -0.350. The molecular formula is C11H12N4O2S. The number of aryl methyl sites for hydroxylation is 2. The largest absolute Gasteiger partial charge is 0.481 e. The van der Waals surface area contributed by atoms with Gasteiger partial charge in [0.15, 0.2) is 11.0 Å². The standard InChI is InChI=1S/C11H12N4O2S/c1-7-3-4-8(5-12-7)10-13-11(15(2)14-10)18-6-9(16)17/h3-5H,6H2,1-2H3,(H,16,17). The van der Waals surface area contributed by atoms with Crippen LogP contribution < -0.4 is 0 Å². The van der Waals surface area contributed by atoms with E-state index >= 15 is 0 Å². The van der Waals surface area contributed by atoms with Gasteiger partial charge in [-0.2, -0.15) is 5.10 Å². The molecule has 0 radical (unpaired) electrons. The van der Waals surface area contributed by atoms with E-state index in [1.165, 1.54) is 0 Å². The Balaban J connectivity index is 2.22. The van der Waals surface area contributed by atoms with Crippen LogP contribution in [0.5, 0.6) is 0 Å². The number of aliphatic carboxylic acids is 1. The van der Waals surface area contributed by atoms with E-state index in [-0.39, 0.29) is 5.75 Å². The van der Waals surface area contributed by atoms with Gasteiger partial charge in [0.1, 0.15) is 0 Å². The minimum absolute atomic E-state index is 0.0296. The minimum Gasteiger partial charge on any atom is -0.481 e. The summed E-state index contributed by atoms with van der Waals surface area (Å²) < 4.78 is 1.57. The molecule has 0 aliphatic carbocycles. The van der Waals surface area contributed by atoms with Gasteiger partial charge in [0.25, 0.3) is 0 Å². The van der Waals surface area contributed by atoms with Crippen LogP contribution in [-0.4, -0.2) is 36.6 Å². The van der Waals surface area contributed by atoms with E-state index in [1.54, 1.807) is 17.9 Å². The van der Waals surface area contributed by atoms with Crippen molar-refractivity contribution in [3.05, 3.63) is 24.0 Å². The normalized spacial score (nSPS) is 10.6. The van der Waals surface area contributed by atoms with E-state index in [2.05, 4.69) is 15.1 Å². The molecule has 0 unspecified atom stereocenters. The lowest BCUT2D eigenvalue weighted by molar-refractivity contribution is -0.133. The van der Waals surface area contributed by atoms with Crippen molar-refractivity contribution in [2.75, 3.05) is 5.75 Å². The highest BCUT2D eigenvalue weighted by atomic mass is 32.2. The number of nitrogens with zero attached hydrogens (tertiary/aromatic N) is 4. The Labute approximate surface area is 108 Å². The zero-order valence-electron chi connectivity index (χ0n) is 9.99. The van der Waals surface area contributed by atoms with E-state index in [0.717, 1.165) is 23.0 Å². The molecule has 0 saturated heterocycles. The maximum absolute atomic E-state index is 10.5. The third-order valence-electron chi connectivity index (χ3n) is 2.22. The Kier molecular flexibility index (Phi) is 3.61. The smallest absolute Gasteiger partial charge is 0.313 e. The Morgan fingerprint density at radius 2 is 2.28 bits per heavy atom. The third kappa shape index (κ3) is 2.86. The predicted molar refractivity (Wildman–Crippen MR) is 67.3 cm³/mol. The van der Waals surface area contributed by atoms with Gasteiger partial charge >= 0.3 is 5.97 Å². The summed E-state index contributed by atoms with van der Waals surface area (Å²) in [6, 6.07) is 3.78. The van der Waals surface area contributed by atoms with Crippen molar-refractivity contribution >= 4 is 17.7 Å². The zero-order valence-corrected chi connectivity index (χ0v) is 10.8. The summed E-state index contributed by atoms with van der Waals surface area (Å²) in [7, 11) is 1.74. The van der Waals surface area contributed by atoms with Crippen LogP contribution in [0.2, 0.25) is 0 Å². The molecule has 0 atom stereocenters. The van der Waals surface area contributed by atoms with E-state index in [1.807, 2.05) is 19.1 Å². The number of carboxylic acids is 1. The molecule has 2 aromatic rings. The van der Waals surface area contributed by atoms with Crippen molar-refractivity contribution in [2.45, 2.75) is 12.1 Å². The van der Waals surface area contributed by atoms with Gasteiger partial charge in [0, 0.05) is 24.5 Å². The topological polar surface area (TPSA) is 80.9 Å².